The van der Waals surface area contributed by atoms with Crippen molar-refractivity contribution in [2.45, 2.75) is 39.2 Å². The first kappa shape index (κ1) is 22.9. The molecule has 0 aliphatic heterocycles. The first-order valence-electron chi connectivity index (χ1n) is 10.0. The number of unbranched alkanes of at least 4 members (excludes halogenated alkanes) is 1. The van der Waals surface area contributed by atoms with Crippen molar-refractivity contribution in [2.75, 3.05) is 19.7 Å². The molecule has 1 unspecified atom stereocenters. The first-order valence-corrected chi connectivity index (χ1v) is 10.8. The molecule has 0 saturated carbocycles. The van der Waals surface area contributed by atoms with Crippen LogP contribution in [0.5, 0.6) is 5.75 Å². The summed E-state index contributed by atoms with van der Waals surface area (Å²) in [5, 5.41) is 2.92. The van der Waals surface area contributed by atoms with Crippen molar-refractivity contribution < 1.29 is 14.3 Å². The van der Waals surface area contributed by atoms with Crippen LogP contribution in [0.4, 0.5) is 0 Å². The molecule has 5 nitrogen and oxygen atoms in total. The van der Waals surface area contributed by atoms with E-state index in [1.165, 1.54) is 0 Å². The minimum absolute atomic E-state index is 0.108. The second-order valence-corrected chi connectivity index (χ2v) is 7.80. The summed E-state index contributed by atoms with van der Waals surface area (Å²) in [6.45, 7) is 4.81. The quantitative estimate of drug-likeness (QED) is 0.511. The van der Waals surface area contributed by atoms with Gasteiger partial charge in [-0.05, 0) is 49.6 Å². The van der Waals surface area contributed by atoms with Crippen LogP contribution in [-0.4, -0.2) is 42.5 Å². The minimum Gasteiger partial charge on any atom is -0.484 e. The maximum absolute atomic E-state index is 12.9. The van der Waals surface area contributed by atoms with E-state index in [0.717, 1.165) is 22.9 Å². The van der Waals surface area contributed by atoms with E-state index in [1.807, 2.05) is 42.5 Å². The lowest BCUT2D eigenvalue weighted by molar-refractivity contribution is -0.141. The number of rotatable bonds is 11. The number of amides is 2. The number of benzene rings is 2. The Morgan fingerprint density at radius 3 is 2.45 bits per heavy atom. The average molecular weight is 461 g/mol. The Kier molecular flexibility index (Phi) is 9.71. The van der Waals surface area contributed by atoms with Gasteiger partial charge in [-0.1, -0.05) is 59.6 Å². The van der Waals surface area contributed by atoms with Crippen LogP contribution in [0.1, 0.15) is 32.3 Å². The number of hydrogen-bond acceptors (Lipinski definition) is 3. The van der Waals surface area contributed by atoms with Gasteiger partial charge in [0.05, 0.1) is 0 Å². The fraction of sp³-hybridized carbons (Fsp3) is 0.391. The monoisotopic (exact) mass is 460 g/mol. The van der Waals surface area contributed by atoms with Gasteiger partial charge in [0, 0.05) is 17.6 Å². The lowest BCUT2D eigenvalue weighted by Gasteiger charge is -2.28. The summed E-state index contributed by atoms with van der Waals surface area (Å²) in [5.41, 5.74) is 1.12. The van der Waals surface area contributed by atoms with E-state index in [1.54, 1.807) is 24.0 Å². The third-order valence-electron chi connectivity index (χ3n) is 4.66. The largest absolute Gasteiger partial charge is 0.484 e. The highest BCUT2D eigenvalue weighted by Crippen LogP contribution is 2.16. The van der Waals surface area contributed by atoms with Crippen LogP contribution in [0.2, 0.25) is 0 Å². The highest BCUT2D eigenvalue weighted by atomic mass is 79.9. The van der Waals surface area contributed by atoms with Crippen LogP contribution in [0.25, 0.3) is 0 Å². The molecule has 0 aromatic heterocycles. The smallest absolute Gasteiger partial charge is 0.261 e. The van der Waals surface area contributed by atoms with E-state index < -0.39 is 6.04 Å². The Balaban J connectivity index is 2.01. The molecule has 0 fully saturated rings. The topological polar surface area (TPSA) is 58.6 Å². The van der Waals surface area contributed by atoms with Gasteiger partial charge >= 0.3 is 0 Å². The van der Waals surface area contributed by atoms with Crippen molar-refractivity contribution in [1.82, 2.24) is 10.2 Å². The zero-order chi connectivity index (χ0) is 21.1. The Morgan fingerprint density at radius 1 is 1.10 bits per heavy atom. The zero-order valence-electron chi connectivity index (χ0n) is 17.1. The molecule has 1 N–H and O–H groups in total. The summed E-state index contributed by atoms with van der Waals surface area (Å²) in [6.07, 6.45) is 2.60. The van der Waals surface area contributed by atoms with Crippen LogP contribution in [-0.2, 0) is 16.0 Å². The highest BCUT2D eigenvalue weighted by molar-refractivity contribution is 9.10. The normalized spacial score (nSPS) is 11.6. The number of ether oxygens (including phenoxy) is 1. The molecule has 0 spiro atoms. The van der Waals surface area contributed by atoms with Gasteiger partial charge < -0.3 is 15.0 Å². The molecule has 0 aliphatic rings. The molecule has 2 aromatic carbocycles. The second-order valence-electron chi connectivity index (χ2n) is 6.89. The van der Waals surface area contributed by atoms with Crippen LogP contribution in [0.15, 0.2) is 59.1 Å². The maximum Gasteiger partial charge on any atom is 0.261 e. The van der Waals surface area contributed by atoms with Gasteiger partial charge in [0.1, 0.15) is 11.8 Å². The van der Waals surface area contributed by atoms with Crippen molar-refractivity contribution in [3.63, 3.8) is 0 Å². The van der Waals surface area contributed by atoms with E-state index in [9.17, 15) is 9.59 Å². The minimum atomic E-state index is -0.559. The van der Waals surface area contributed by atoms with Crippen molar-refractivity contribution in [3.8, 4) is 5.75 Å². The average Bonchev–Trinajstić information content (AvgIpc) is 2.74. The first-order chi connectivity index (χ1) is 14.0. The number of nitrogens with one attached hydrogen (secondary N) is 1. The van der Waals surface area contributed by atoms with E-state index >= 15 is 0 Å². The molecular weight excluding hydrogens is 432 g/mol. The summed E-state index contributed by atoms with van der Waals surface area (Å²) in [7, 11) is 0. The molecule has 0 aliphatic carbocycles. The van der Waals surface area contributed by atoms with E-state index in [2.05, 4.69) is 28.2 Å². The molecule has 29 heavy (non-hydrogen) atoms. The highest BCUT2D eigenvalue weighted by Gasteiger charge is 2.25. The second kappa shape index (κ2) is 12.3. The van der Waals surface area contributed by atoms with Gasteiger partial charge in [0.2, 0.25) is 5.91 Å². The lowest BCUT2D eigenvalue weighted by Crippen LogP contribution is -2.50. The molecular formula is C23H29BrN2O3. The van der Waals surface area contributed by atoms with Crippen molar-refractivity contribution in [2.24, 2.45) is 0 Å². The maximum atomic E-state index is 12.9. The van der Waals surface area contributed by atoms with Crippen molar-refractivity contribution in [1.29, 1.82) is 0 Å². The summed E-state index contributed by atoms with van der Waals surface area (Å²) < 4.78 is 6.58. The van der Waals surface area contributed by atoms with Gasteiger partial charge in [-0.3, -0.25) is 9.59 Å². The van der Waals surface area contributed by atoms with Crippen LogP contribution in [0, 0.1) is 0 Å². The molecule has 0 heterocycles. The molecule has 2 amide bonds. The van der Waals surface area contributed by atoms with Crippen LogP contribution in [0.3, 0.4) is 0 Å². The fourth-order valence-electron chi connectivity index (χ4n) is 2.86. The third kappa shape index (κ3) is 7.89. The number of carbonyl (C=O) groups is 2. The third-order valence-corrected chi connectivity index (χ3v) is 5.19. The summed E-state index contributed by atoms with van der Waals surface area (Å²) in [5.74, 6) is 0.273. The molecule has 1 atom stereocenters. The fourth-order valence-corrected chi connectivity index (χ4v) is 3.13. The molecule has 0 saturated heterocycles. The van der Waals surface area contributed by atoms with Gasteiger partial charge in [0.15, 0.2) is 6.61 Å². The Labute approximate surface area is 181 Å². The number of nitrogens with zero attached hydrogens (tertiary/aromatic N) is 1. The molecule has 0 bridgehead atoms. The number of carbonyl (C=O) groups excluding carboxylic acids is 2. The van der Waals surface area contributed by atoms with Gasteiger partial charge in [-0.25, -0.2) is 0 Å². The number of halogens is 1. The van der Waals surface area contributed by atoms with E-state index in [-0.39, 0.29) is 18.4 Å². The predicted octanol–water partition coefficient (Wildman–Crippen LogP) is 4.20. The predicted molar refractivity (Wildman–Crippen MR) is 119 cm³/mol. The summed E-state index contributed by atoms with van der Waals surface area (Å²) in [6, 6.07) is 16.7. The van der Waals surface area contributed by atoms with Gasteiger partial charge in [-0.2, -0.15) is 0 Å². The van der Waals surface area contributed by atoms with E-state index in [0.29, 0.717) is 25.3 Å². The summed E-state index contributed by atoms with van der Waals surface area (Å²) >= 11 is 3.38. The van der Waals surface area contributed by atoms with E-state index in [4.69, 9.17) is 4.74 Å². The Bertz CT molecular complexity index is 765. The van der Waals surface area contributed by atoms with Gasteiger partial charge in [-0.15, -0.1) is 0 Å². The van der Waals surface area contributed by atoms with Crippen LogP contribution >= 0.6 is 15.9 Å². The van der Waals surface area contributed by atoms with Crippen molar-refractivity contribution in [3.05, 3.63) is 64.6 Å². The number of hydrogen-bond donors (Lipinski definition) is 1. The molecule has 2 aromatic rings. The lowest BCUT2D eigenvalue weighted by atomic mass is 10.1. The molecule has 6 heteroatoms. The molecule has 156 valence electrons. The van der Waals surface area contributed by atoms with Gasteiger partial charge in [0.25, 0.3) is 5.91 Å². The standard InChI is InChI=1S/C23H29BrN2O3/c1-3-4-15-25-23(28)18(2)26(16-14-19-8-6-5-7-9-19)22(27)17-29-21-12-10-20(24)11-13-21/h5-13,18H,3-4,14-17H2,1-2H3,(H,25,28). The Morgan fingerprint density at radius 2 is 1.79 bits per heavy atom. The summed E-state index contributed by atoms with van der Waals surface area (Å²) in [4.78, 5) is 27.0. The SMILES string of the molecule is CCCCNC(=O)C(C)N(CCc1ccccc1)C(=O)COc1ccc(Br)cc1. The molecule has 0 radical (unpaired) electrons. The molecule has 2 rings (SSSR count). The zero-order valence-corrected chi connectivity index (χ0v) is 18.7. The van der Waals surface area contributed by atoms with Crippen LogP contribution < -0.4 is 10.1 Å². The van der Waals surface area contributed by atoms with Crippen molar-refractivity contribution >= 4 is 27.7 Å². The Hall–Kier alpha value is -2.34.